The van der Waals surface area contributed by atoms with Gasteiger partial charge >= 0.3 is 5.97 Å². The summed E-state index contributed by atoms with van der Waals surface area (Å²) in [6.45, 7) is 4.15. The maximum absolute atomic E-state index is 10.7. The molecule has 1 heterocycles. The molecule has 0 bridgehead atoms. The highest BCUT2D eigenvalue weighted by Gasteiger charge is 2.10. The Balaban J connectivity index is 2.20. The molecule has 0 saturated heterocycles. The van der Waals surface area contributed by atoms with E-state index in [0.717, 1.165) is 12.0 Å². The van der Waals surface area contributed by atoms with Crippen LogP contribution >= 0.6 is 0 Å². The first-order valence-electron chi connectivity index (χ1n) is 5.72. The van der Waals surface area contributed by atoms with E-state index in [1.807, 2.05) is 0 Å². The molecule has 1 aromatic carbocycles. The molecule has 0 amide bonds. The lowest BCUT2D eigenvalue weighted by Crippen LogP contribution is -1.95. The Kier molecular flexibility index (Phi) is 3.41. The Hall–Kier alpha value is -2.17. The fourth-order valence-corrected chi connectivity index (χ4v) is 1.57. The van der Waals surface area contributed by atoms with Crippen LogP contribution in [-0.4, -0.2) is 21.2 Å². The van der Waals surface area contributed by atoms with Gasteiger partial charge in [-0.2, -0.15) is 4.98 Å². The van der Waals surface area contributed by atoms with Gasteiger partial charge in [0.05, 0.1) is 5.56 Å². The van der Waals surface area contributed by atoms with Gasteiger partial charge in [-0.3, -0.25) is 0 Å². The molecular weight excluding hydrogens is 232 g/mol. The van der Waals surface area contributed by atoms with E-state index >= 15 is 0 Å². The summed E-state index contributed by atoms with van der Waals surface area (Å²) in [6, 6.07) is 6.40. The fourth-order valence-electron chi connectivity index (χ4n) is 1.57. The summed E-state index contributed by atoms with van der Waals surface area (Å²) in [6.07, 6.45) is 0.736. The highest BCUT2D eigenvalue weighted by Crippen LogP contribution is 2.17. The second-order valence-electron chi connectivity index (χ2n) is 4.49. The van der Waals surface area contributed by atoms with Crippen LogP contribution in [0.1, 0.15) is 30.1 Å². The van der Waals surface area contributed by atoms with E-state index in [4.69, 9.17) is 9.63 Å². The molecule has 2 rings (SSSR count). The zero-order valence-electron chi connectivity index (χ0n) is 10.3. The second kappa shape index (κ2) is 5.00. The number of aromatic carboxylic acids is 1. The SMILES string of the molecule is CC(C)Cc1nc(-c2ccc(C(=O)O)cc2)no1. The van der Waals surface area contributed by atoms with Gasteiger partial charge in [0.1, 0.15) is 0 Å². The summed E-state index contributed by atoms with van der Waals surface area (Å²) in [4.78, 5) is 15.0. The van der Waals surface area contributed by atoms with Gasteiger partial charge in [-0.05, 0) is 18.1 Å². The van der Waals surface area contributed by atoms with Crippen LogP contribution in [0.2, 0.25) is 0 Å². The Morgan fingerprint density at radius 3 is 2.56 bits per heavy atom. The molecule has 0 atom stereocenters. The van der Waals surface area contributed by atoms with Crippen molar-refractivity contribution in [3.63, 3.8) is 0 Å². The highest BCUT2D eigenvalue weighted by molar-refractivity contribution is 5.88. The van der Waals surface area contributed by atoms with E-state index in [0.29, 0.717) is 17.6 Å². The third kappa shape index (κ3) is 2.74. The third-order valence-corrected chi connectivity index (χ3v) is 2.44. The van der Waals surface area contributed by atoms with Crippen molar-refractivity contribution in [3.05, 3.63) is 35.7 Å². The summed E-state index contributed by atoms with van der Waals surface area (Å²) < 4.78 is 5.13. The zero-order chi connectivity index (χ0) is 13.1. The lowest BCUT2D eigenvalue weighted by molar-refractivity contribution is 0.0697. The van der Waals surface area contributed by atoms with Gasteiger partial charge in [-0.25, -0.2) is 4.79 Å². The van der Waals surface area contributed by atoms with Crippen molar-refractivity contribution in [2.75, 3.05) is 0 Å². The highest BCUT2D eigenvalue weighted by atomic mass is 16.5. The van der Waals surface area contributed by atoms with E-state index < -0.39 is 5.97 Å². The topological polar surface area (TPSA) is 76.2 Å². The second-order valence-corrected chi connectivity index (χ2v) is 4.49. The van der Waals surface area contributed by atoms with Crippen LogP contribution in [0.25, 0.3) is 11.4 Å². The van der Waals surface area contributed by atoms with Gasteiger partial charge < -0.3 is 9.63 Å². The van der Waals surface area contributed by atoms with Crippen molar-refractivity contribution in [2.45, 2.75) is 20.3 Å². The van der Waals surface area contributed by atoms with E-state index in [1.54, 1.807) is 12.1 Å². The van der Waals surface area contributed by atoms with Crippen molar-refractivity contribution in [3.8, 4) is 11.4 Å². The maximum atomic E-state index is 10.7. The Bertz CT molecular complexity index is 544. The number of carboxylic acid groups (broad SMARTS) is 1. The number of nitrogens with zero attached hydrogens (tertiary/aromatic N) is 2. The van der Waals surface area contributed by atoms with Crippen molar-refractivity contribution in [1.29, 1.82) is 0 Å². The van der Waals surface area contributed by atoms with Crippen molar-refractivity contribution < 1.29 is 14.4 Å². The number of hydrogen-bond acceptors (Lipinski definition) is 4. The van der Waals surface area contributed by atoms with E-state index in [9.17, 15) is 4.79 Å². The average molecular weight is 246 g/mol. The van der Waals surface area contributed by atoms with Gasteiger partial charge in [0.15, 0.2) is 0 Å². The molecular formula is C13H14N2O3. The van der Waals surface area contributed by atoms with Crippen LogP contribution in [-0.2, 0) is 6.42 Å². The number of benzene rings is 1. The van der Waals surface area contributed by atoms with Crippen LogP contribution in [0.4, 0.5) is 0 Å². The van der Waals surface area contributed by atoms with Crippen molar-refractivity contribution in [1.82, 2.24) is 10.1 Å². The first kappa shape index (κ1) is 12.3. The molecule has 94 valence electrons. The van der Waals surface area contributed by atoms with Gasteiger partial charge in [-0.1, -0.05) is 31.1 Å². The minimum absolute atomic E-state index is 0.240. The quantitative estimate of drug-likeness (QED) is 0.897. The number of aromatic nitrogens is 2. The molecule has 1 aromatic heterocycles. The lowest BCUT2D eigenvalue weighted by Gasteiger charge is -1.97. The predicted octanol–water partition coefficient (Wildman–Crippen LogP) is 2.63. The molecule has 0 spiro atoms. The van der Waals surface area contributed by atoms with Crippen LogP contribution in [0.3, 0.4) is 0 Å². The van der Waals surface area contributed by atoms with E-state index in [1.165, 1.54) is 12.1 Å². The molecule has 1 N–H and O–H groups in total. The molecule has 0 aliphatic heterocycles. The van der Waals surface area contributed by atoms with Crippen molar-refractivity contribution in [2.24, 2.45) is 5.92 Å². The van der Waals surface area contributed by atoms with Crippen LogP contribution in [0.15, 0.2) is 28.8 Å². The lowest BCUT2D eigenvalue weighted by atomic mass is 10.1. The summed E-state index contributed by atoms with van der Waals surface area (Å²) in [5.41, 5.74) is 0.989. The Morgan fingerprint density at radius 2 is 2.00 bits per heavy atom. The first-order valence-corrected chi connectivity index (χ1v) is 5.72. The minimum Gasteiger partial charge on any atom is -0.478 e. The van der Waals surface area contributed by atoms with E-state index in [-0.39, 0.29) is 5.56 Å². The van der Waals surface area contributed by atoms with Gasteiger partial charge in [0.25, 0.3) is 0 Å². The van der Waals surface area contributed by atoms with Crippen LogP contribution < -0.4 is 0 Å². The molecule has 0 aliphatic rings. The molecule has 2 aromatic rings. The van der Waals surface area contributed by atoms with Gasteiger partial charge in [0.2, 0.25) is 11.7 Å². The first-order chi connectivity index (χ1) is 8.56. The molecule has 0 saturated carbocycles. The Morgan fingerprint density at radius 1 is 1.33 bits per heavy atom. The molecule has 5 nitrogen and oxygen atoms in total. The van der Waals surface area contributed by atoms with Gasteiger partial charge in [0, 0.05) is 12.0 Å². The van der Waals surface area contributed by atoms with Crippen molar-refractivity contribution >= 4 is 5.97 Å². The molecule has 18 heavy (non-hydrogen) atoms. The zero-order valence-corrected chi connectivity index (χ0v) is 10.3. The van der Waals surface area contributed by atoms with E-state index in [2.05, 4.69) is 24.0 Å². The average Bonchev–Trinajstić information content (AvgIpc) is 2.76. The summed E-state index contributed by atoms with van der Waals surface area (Å²) in [5, 5.41) is 12.7. The summed E-state index contributed by atoms with van der Waals surface area (Å²) >= 11 is 0. The largest absolute Gasteiger partial charge is 0.478 e. The summed E-state index contributed by atoms with van der Waals surface area (Å²) in [5.74, 6) is 0.591. The molecule has 5 heteroatoms. The number of carbonyl (C=O) groups is 1. The smallest absolute Gasteiger partial charge is 0.335 e. The predicted molar refractivity (Wildman–Crippen MR) is 65.2 cm³/mol. The Labute approximate surface area is 104 Å². The molecule has 0 unspecified atom stereocenters. The minimum atomic E-state index is -0.949. The number of hydrogen-bond donors (Lipinski definition) is 1. The molecule has 0 aliphatic carbocycles. The standard InChI is InChI=1S/C13H14N2O3/c1-8(2)7-11-14-12(15-18-11)9-3-5-10(6-4-9)13(16)17/h3-6,8H,7H2,1-2H3,(H,16,17). The molecule has 0 fully saturated rings. The third-order valence-electron chi connectivity index (χ3n) is 2.44. The number of rotatable bonds is 4. The fraction of sp³-hybridized carbons (Fsp3) is 0.308. The normalized spacial score (nSPS) is 10.8. The summed E-state index contributed by atoms with van der Waals surface area (Å²) in [7, 11) is 0. The number of carboxylic acids is 1. The monoisotopic (exact) mass is 246 g/mol. The van der Waals surface area contributed by atoms with Crippen LogP contribution in [0.5, 0.6) is 0 Å². The van der Waals surface area contributed by atoms with Gasteiger partial charge in [-0.15, -0.1) is 0 Å². The molecule has 0 radical (unpaired) electrons. The van der Waals surface area contributed by atoms with Crippen LogP contribution in [0, 0.1) is 5.92 Å². The maximum Gasteiger partial charge on any atom is 0.335 e.